The van der Waals surface area contributed by atoms with Gasteiger partial charge in [-0.3, -0.25) is 19.5 Å². The van der Waals surface area contributed by atoms with E-state index in [-0.39, 0.29) is 29.4 Å². The van der Waals surface area contributed by atoms with E-state index in [0.29, 0.717) is 24.6 Å². The molecule has 24 heavy (non-hydrogen) atoms. The monoisotopic (exact) mass is 328 g/mol. The van der Waals surface area contributed by atoms with E-state index in [4.69, 9.17) is 0 Å². The lowest BCUT2D eigenvalue weighted by Crippen LogP contribution is -2.42. The highest BCUT2D eigenvalue weighted by molar-refractivity contribution is 6.22. The molecule has 3 heterocycles. The molecule has 0 spiro atoms. The molecule has 0 saturated heterocycles. The first-order valence-electron chi connectivity index (χ1n) is 7.22. The van der Waals surface area contributed by atoms with Crippen molar-refractivity contribution >= 4 is 23.5 Å². The average Bonchev–Trinajstić information content (AvgIpc) is 3.08. The molecule has 0 aliphatic carbocycles. The molecule has 4 amide bonds. The second-order valence-electron chi connectivity index (χ2n) is 5.49. The summed E-state index contributed by atoms with van der Waals surface area (Å²) in [5.41, 5.74) is 0.641. The van der Waals surface area contributed by atoms with Crippen molar-refractivity contribution in [2.75, 3.05) is 11.9 Å². The number of hydrogen-bond acceptors (Lipinski definition) is 5. The Morgan fingerprint density at radius 1 is 1.12 bits per heavy atom. The molecule has 0 radical (unpaired) electrons. The van der Waals surface area contributed by atoms with Gasteiger partial charge in [0.05, 0.1) is 17.7 Å². The summed E-state index contributed by atoms with van der Waals surface area (Å²) >= 11 is 0. The van der Waals surface area contributed by atoms with Crippen LogP contribution in [0.15, 0.2) is 23.0 Å². The van der Waals surface area contributed by atoms with Gasteiger partial charge in [0.15, 0.2) is 5.82 Å². The van der Waals surface area contributed by atoms with E-state index < -0.39 is 11.8 Å². The summed E-state index contributed by atoms with van der Waals surface area (Å²) in [7, 11) is 0. The summed E-state index contributed by atoms with van der Waals surface area (Å²) < 4.78 is 1.48. The van der Waals surface area contributed by atoms with Crippen LogP contribution in [0.3, 0.4) is 0 Å². The van der Waals surface area contributed by atoms with Crippen molar-refractivity contribution in [2.45, 2.75) is 13.1 Å². The number of nitrogens with one attached hydrogen (secondary N) is 3. The van der Waals surface area contributed by atoms with Crippen LogP contribution in [0.2, 0.25) is 0 Å². The molecule has 2 aromatic rings. The van der Waals surface area contributed by atoms with Crippen LogP contribution < -0.4 is 16.3 Å². The maximum absolute atomic E-state index is 12.4. The van der Waals surface area contributed by atoms with E-state index in [0.717, 1.165) is 0 Å². The second kappa shape index (κ2) is 5.05. The van der Waals surface area contributed by atoms with E-state index in [9.17, 15) is 19.2 Å². The number of aromatic amines is 1. The van der Waals surface area contributed by atoms with Gasteiger partial charge in [0.1, 0.15) is 0 Å². The molecular formula is C14H12N6O4. The van der Waals surface area contributed by atoms with Crippen LogP contribution in [-0.2, 0) is 13.1 Å². The van der Waals surface area contributed by atoms with Crippen molar-refractivity contribution in [1.82, 2.24) is 25.0 Å². The average molecular weight is 328 g/mol. The number of H-pyrrole nitrogens is 1. The minimum atomic E-state index is -0.482. The normalized spacial score (nSPS) is 15.8. The lowest BCUT2D eigenvalue weighted by molar-refractivity contribution is 0.0879. The molecular weight excluding hydrogens is 316 g/mol. The summed E-state index contributed by atoms with van der Waals surface area (Å²) in [6.07, 6.45) is 0. The Hall–Kier alpha value is -3.43. The van der Waals surface area contributed by atoms with E-state index in [1.54, 1.807) is 6.07 Å². The fourth-order valence-electron chi connectivity index (χ4n) is 2.79. The van der Waals surface area contributed by atoms with Crippen LogP contribution in [0.25, 0.3) is 0 Å². The number of hydrogen-bond donors (Lipinski definition) is 3. The number of aromatic nitrogens is 3. The number of amides is 4. The maximum Gasteiger partial charge on any atom is 0.343 e. The Morgan fingerprint density at radius 3 is 2.75 bits per heavy atom. The molecule has 122 valence electrons. The van der Waals surface area contributed by atoms with Crippen LogP contribution in [0.1, 0.15) is 26.5 Å². The fourth-order valence-corrected chi connectivity index (χ4v) is 2.79. The van der Waals surface area contributed by atoms with Crippen molar-refractivity contribution < 1.29 is 14.4 Å². The molecule has 1 aromatic heterocycles. The Bertz CT molecular complexity index is 943. The van der Waals surface area contributed by atoms with Crippen molar-refractivity contribution in [3.05, 3.63) is 45.6 Å². The van der Waals surface area contributed by atoms with Crippen LogP contribution in [0, 0.1) is 0 Å². The van der Waals surface area contributed by atoms with E-state index in [2.05, 4.69) is 20.8 Å². The largest absolute Gasteiger partial charge is 0.343 e. The summed E-state index contributed by atoms with van der Waals surface area (Å²) in [6.45, 7) is 0.926. The molecule has 0 unspecified atom stereocenters. The van der Waals surface area contributed by atoms with Gasteiger partial charge in [-0.15, -0.1) is 0 Å². The minimum absolute atomic E-state index is 0.203. The molecule has 1 aromatic carbocycles. The van der Waals surface area contributed by atoms with Gasteiger partial charge in [0, 0.05) is 18.8 Å². The Labute approximate surface area is 134 Å². The minimum Gasteiger partial charge on any atom is -0.315 e. The predicted octanol–water partition coefficient (Wildman–Crippen LogP) is -0.497. The molecule has 10 heteroatoms. The standard InChI is InChI=1S/C14H12N6O4/c21-11-8-2-1-7(5-9(8)12(22)16-11)15-13(23)19-3-4-20-10(6-19)17-18-14(20)24/h1-2,5H,3-4,6H2,(H,15,23)(H,18,24)(H,16,21,22). The number of benzene rings is 1. The highest BCUT2D eigenvalue weighted by Gasteiger charge is 2.28. The summed E-state index contributed by atoms with van der Waals surface area (Å²) in [5, 5.41) is 11.1. The third-order valence-corrected chi connectivity index (χ3v) is 4.04. The van der Waals surface area contributed by atoms with Gasteiger partial charge in [-0.1, -0.05) is 0 Å². The zero-order valence-corrected chi connectivity index (χ0v) is 12.3. The van der Waals surface area contributed by atoms with Crippen molar-refractivity contribution in [2.24, 2.45) is 0 Å². The molecule has 0 bridgehead atoms. The third-order valence-electron chi connectivity index (χ3n) is 4.04. The van der Waals surface area contributed by atoms with Crippen molar-refractivity contribution in [1.29, 1.82) is 0 Å². The quantitative estimate of drug-likeness (QED) is 0.608. The first-order chi connectivity index (χ1) is 11.5. The van der Waals surface area contributed by atoms with Gasteiger partial charge < -0.3 is 10.2 Å². The first-order valence-corrected chi connectivity index (χ1v) is 7.22. The van der Waals surface area contributed by atoms with E-state index in [1.165, 1.54) is 21.6 Å². The smallest absolute Gasteiger partial charge is 0.315 e. The van der Waals surface area contributed by atoms with Gasteiger partial charge in [-0.25, -0.2) is 14.7 Å². The second-order valence-corrected chi connectivity index (χ2v) is 5.49. The van der Waals surface area contributed by atoms with Crippen LogP contribution >= 0.6 is 0 Å². The highest BCUT2D eigenvalue weighted by atomic mass is 16.2. The number of carbonyl (C=O) groups is 3. The van der Waals surface area contributed by atoms with Gasteiger partial charge in [0.25, 0.3) is 11.8 Å². The molecule has 4 rings (SSSR count). The highest BCUT2D eigenvalue weighted by Crippen LogP contribution is 2.21. The molecule has 3 N–H and O–H groups in total. The molecule has 0 saturated carbocycles. The topological polar surface area (TPSA) is 129 Å². The van der Waals surface area contributed by atoms with Crippen molar-refractivity contribution in [3.8, 4) is 0 Å². The molecule has 10 nitrogen and oxygen atoms in total. The van der Waals surface area contributed by atoms with E-state index >= 15 is 0 Å². The summed E-state index contributed by atoms with van der Waals surface area (Å²) in [5.74, 6) is -0.439. The van der Waals surface area contributed by atoms with Crippen LogP contribution in [0.5, 0.6) is 0 Å². The van der Waals surface area contributed by atoms with Gasteiger partial charge in [-0.2, -0.15) is 5.10 Å². The lowest BCUT2D eigenvalue weighted by Gasteiger charge is -2.26. The van der Waals surface area contributed by atoms with Crippen molar-refractivity contribution in [3.63, 3.8) is 0 Å². The van der Waals surface area contributed by atoms with Gasteiger partial charge >= 0.3 is 11.7 Å². The molecule has 2 aliphatic rings. The Morgan fingerprint density at radius 2 is 1.92 bits per heavy atom. The number of nitrogens with zero attached hydrogens (tertiary/aromatic N) is 3. The maximum atomic E-state index is 12.4. The molecule has 2 aliphatic heterocycles. The zero-order valence-electron chi connectivity index (χ0n) is 12.3. The van der Waals surface area contributed by atoms with Gasteiger partial charge in [-0.05, 0) is 18.2 Å². The first kappa shape index (κ1) is 14.2. The van der Waals surface area contributed by atoms with Gasteiger partial charge in [0.2, 0.25) is 0 Å². The number of rotatable bonds is 1. The SMILES string of the molecule is O=C1NC(=O)c2cc(NC(=O)N3CCn4c(n[nH]c4=O)C3)ccc21. The van der Waals surface area contributed by atoms with Crippen LogP contribution in [-0.4, -0.2) is 44.1 Å². The van der Waals surface area contributed by atoms with Crippen LogP contribution in [0.4, 0.5) is 10.5 Å². The summed E-state index contributed by atoms with van der Waals surface area (Å²) in [6, 6.07) is 4.14. The zero-order chi connectivity index (χ0) is 16.8. The number of urea groups is 1. The third kappa shape index (κ3) is 2.16. The van der Waals surface area contributed by atoms with E-state index in [1.807, 2.05) is 0 Å². The Kier molecular flexibility index (Phi) is 2.98. The number of imide groups is 1. The number of fused-ring (bicyclic) bond motifs is 2. The fraction of sp³-hybridized carbons (Fsp3) is 0.214. The number of anilines is 1. The molecule has 0 fully saturated rings. The molecule has 0 atom stereocenters. The summed E-state index contributed by atoms with van der Waals surface area (Å²) in [4.78, 5) is 48.5. The Balaban J connectivity index is 1.51. The predicted molar refractivity (Wildman–Crippen MR) is 80.5 cm³/mol. The lowest BCUT2D eigenvalue weighted by atomic mass is 10.1. The number of carbonyl (C=O) groups excluding carboxylic acids is 3.